The van der Waals surface area contributed by atoms with Gasteiger partial charge in [-0.2, -0.15) is 0 Å². The summed E-state index contributed by atoms with van der Waals surface area (Å²) in [6, 6.07) is 21.1. The first-order valence-corrected chi connectivity index (χ1v) is 18.8. The topological polar surface area (TPSA) is 125 Å². The van der Waals surface area contributed by atoms with Crippen molar-refractivity contribution in [2.75, 3.05) is 0 Å². The van der Waals surface area contributed by atoms with Gasteiger partial charge in [0.05, 0.1) is 40.3 Å². The van der Waals surface area contributed by atoms with Gasteiger partial charge in [-0.1, -0.05) is 44.2 Å². The van der Waals surface area contributed by atoms with Crippen molar-refractivity contribution in [3.8, 4) is 5.75 Å². The number of carbonyl (C=O) groups is 2. The fourth-order valence-corrected chi connectivity index (χ4v) is 7.51. The molecule has 1 aliphatic carbocycles. The molecule has 1 aliphatic heterocycles. The molecule has 0 bridgehead atoms. The van der Waals surface area contributed by atoms with Crippen LogP contribution < -0.4 is 10.1 Å². The maximum absolute atomic E-state index is 14.0. The highest BCUT2D eigenvalue weighted by Gasteiger charge is 2.55. The monoisotopic (exact) mass is 733 g/mol. The zero-order valence-corrected chi connectivity index (χ0v) is 32.5. The molecule has 0 spiro atoms. The molecule has 1 saturated carbocycles. The first-order chi connectivity index (χ1) is 25.6. The first-order valence-electron chi connectivity index (χ1n) is 18.8. The Balaban J connectivity index is 1.21. The van der Waals surface area contributed by atoms with Crippen LogP contribution in [0.2, 0.25) is 0 Å². The van der Waals surface area contributed by atoms with Gasteiger partial charge >= 0.3 is 13.3 Å². The molecule has 3 unspecified atom stereocenters. The van der Waals surface area contributed by atoms with Crippen molar-refractivity contribution in [2.45, 2.75) is 117 Å². The molecule has 12 heteroatoms. The van der Waals surface area contributed by atoms with Gasteiger partial charge in [0, 0.05) is 38.2 Å². The minimum atomic E-state index is -0.794. The van der Waals surface area contributed by atoms with E-state index < -0.39 is 30.4 Å². The number of pyridine rings is 3. The summed E-state index contributed by atoms with van der Waals surface area (Å²) in [5.74, 6) is -0.536. The molecule has 2 aliphatic rings. The zero-order chi connectivity index (χ0) is 38.5. The van der Waals surface area contributed by atoms with Gasteiger partial charge < -0.3 is 24.1 Å². The molecule has 6 rings (SSSR count). The molecule has 1 amide bonds. The maximum Gasteiger partial charge on any atom is 0.514 e. The smallest absolute Gasteiger partial charge is 0.428 e. The van der Waals surface area contributed by atoms with E-state index in [-0.39, 0.29) is 23.8 Å². The summed E-state index contributed by atoms with van der Waals surface area (Å²) in [5, 5.41) is 3.21. The van der Waals surface area contributed by atoms with Gasteiger partial charge in [-0.05, 0) is 113 Å². The van der Waals surface area contributed by atoms with Crippen LogP contribution in [0.5, 0.6) is 5.75 Å². The average Bonchev–Trinajstić information content (AvgIpc) is 3.45. The number of carbonyl (C=O) groups excluding carboxylic acids is 2. The Morgan fingerprint density at radius 1 is 0.926 bits per heavy atom. The summed E-state index contributed by atoms with van der Waals surface area (Å²) in [5.41, 5.74) is 3.45. The Morgan fingerprint density at radius 3 is 2.19 bits per heavy atom. The largest absolute Gasteiger partial charge is 0.514 e. The van der Waals surface area contributed by atoms with Crippen LogP contribution in [-0.2, 0) is 40.1 Å². The van der Waals surface area contributed by atoms with Crippen LogP contribution >= 0.6 is 0 Å². The standard InChI is InChI=1S/C42H52BN5O6/c1-29-13-12-14-30(37(29)51-39(50)52-40(2,3)4)23-36(43-53-35-19-20-41(5,6)28-42(35,7)54-43)47-38(49)31-17-18-34(46-24-31)27-48(25-32-15-8-10-21-44-32)26-33-16-9-11-22-45-33/h8-18,21-22,24,35-36H,19-20,23,25-28H2,1-7H3,(H,47,49). The predicted octanol–water partition coefficient (Wildman–Crippen LogP) is 7.45. The third kappa shape index (κ3) is 10.3. The molecule has 284 valence electrons. The van der Waals surface area contributed by atoms with Crippen molar-refractivity contribution in [1.29, 1.82) is 0 Å². The van der Waals surface area contributed by atoms with Crippen LogP contribution in [0.25, 0.3) is 0 Å². The summed E-state index contributed by atoms with van der Waals surface area (Å²) < 4.78 is 24.6. The van der Waals surface area contributed by atoms with Gasteiger partial charge in [-0.15, -0.1) is 0 Å². The van der Waals surface area contributed by atoms with Crippen LogP contribution in [0.3, 0.4) is 0 Å². The van der Waals surface area contributed by atoms with E-state index in [9.17, 15) is 9.59 Å². The van der Waals surface area contributed by atoms with Crippen molar-refractivity contribution in [3.63, 3.8) is 0 Å². The van der Waals surface area contributed by atoms with Crippen LogP contribution in [0, 0.1) is 12.3 Å². The molecule has 1 aromatic carbocycles. The summed E-state index contributed by atoms with van der Waals surface area (Å²) in [6.07, 6.45) is 7.28. The molecule has 4 aromatic rings. The first kappa shape index (κ1) is 39.1. The van der Waals surface area contributed by atoms with Gasteiger partial charge in [0.2, 0.25) is 0 Å². The summed E-state index contributed by atoms with van der Waals surface area (Å²) in [6.45, 7) is 15.6. The number of aryl methyl sites for hydroxylation is 1. The molecule has 11 nitrogen and oxygen atoms in total. The Morgan fingerprint density at radius 2 is 1.59 bits per heavy atom. The zero-order valence-electron chi connectivity index (χ0n) is 32.5. The Labute approximate surface area is 319 Å². The number of nitrogens with zero attached hydrogens (tertiary/aromatic N) is 4. The van der Waals surface area contributed by atoms with Crippen molar-refractivity contribution < 1.29 is 28.4 Å². The molecule has 2 fully saturated rings. The second kappa shape index (κ2) is 16.4. The quantitative estimate of drug-likeness (QED) is 0.0892. The number of rotatable bonds is 12. The highest BCUT2D eigenvalue weighted by molar-refractivity contribution is 6.48. The molecule has 0 radical (unpaired) electrons. The number of hydrogen-bond donors (Lipinski definition) is 1. The molecule has 4 heterocycles. The number of fused-ring (bicyclic) bond motifs is 1. The molecular weight excluding hydrogens is 681 g/mol. The second-order valence-corrected chi connectivity index (χ2v) is 16.5. The SMILES string of the molecule is Cc1cccc(CC(NC(=O)c2ccc(CN(Cc3ccccn3)Cc3ccccn3)nc2)B2OC3CCC(C)(C)CC3(C)O2)c1OC(=O)OC(C)(C)C. The van der Waals surface area contributed by atoms with Crippen molar-refractivity contribution >= 4 is 19.2 Å². The van der Waals surface area contributed by atoms with Gasteiger partial charge in [-0.25, -0.2) is 4.79 Å². The third-order valence-electron chi connectivity index (χ3n) is 9.93. The van der Waals surface area contributed by atoms with Crippen molar-refractivity contribution in [2.24, 2.45) is 5.41 Å². The molecule has 3 aromatic heterocycles. The predicted molar refractivity (Wildman–Crippen MR) is 206 cm³/mol. The van der Waals surface area contributed by atoms with E-state index in [2.05, 4.69) is 41.0 Å². The van der Waals surface area contributed by atoms with Gasteiger partial charge in [0.15, 0.2) is 0 Å². The van der Waals surface area contributed by atoms with E-state index in [1.165, 1.54) is 0 Å². The van der Waals surface area contributed by atoms with E-state index in [0.717, 1.165) is 41.9 Å². The third-order valence-corrected chi connectivity index (χ3v) is 9.93. The van der Waals surface area contributed by atoms with Crippen molar-refractivity contribution in [1.82, 2.24) is 25.2 Å². The Hall–Kier alpha value is -4.65. The summed E-state index contributed by atoms with van der Waals surface area (Å²) >= 11 is 0. The van der Waals surface area contributed by atoms with E-state index in [0.29, 0.717) is 36.5 Å². The van der Waals surface area contributed by atoms with Gasteiger partial charge in [0.25, 0.3) is 5.91 Å². The van der Waals surface area contributed by atoms with Crippen LogP contribution in [0.1, 0.15) is 99.4 Å². The highest BCUT2D eigenvalue weighted by atomic mass is 16.7. The van der Waals surface area contributed by atoms with Gasteiger partial charge in [0.1, 0.15) is 11.4 Å². The minimum Gasteiger partial charge on any atom is -0.428 e. The number of hydrogen-bond acceptors (Lipinski definition) is 10. The second-order valence-electron chi connectivity index (χ2n) is 16.5. The number of ether oxygens (including phenoxy) is 2. The van der Waals surface area contributed by atoms with E-state index >= 15 is 0 Å². The van der Waals surface area contributed by atoms with Crippen LogP contribution in [0.4, 0.5) is 4.79 Å². The number of benzene rings is 1. The fourth-order valence-electron chi connectivity index (χ4n) is 7.51. The fraction of sp³-hybridized carbons (Fsp3) is 0.452. The molecule has 3 atom stereocenters. The minimum absolute atomic E-state index is 0.103. The lowest BCUT2D eigenvalue weighted by Crippen LogP contribution is -2.50. The lowest BCUT2D eigenvalue weighted by Gasteiger charge is -2.43. The Kier molecular flexibility index (Phi) is 11.9. The van der Waals surface area contributed by atoms with Gasteiger partial charge in [-0.3, -0.25) is 24.6 Å². The Bertz CT molecular complexity index is 1850. The van der Waals surface area contributed by atoms with E-state index in [4.69, 9.17) is 23.8 Å². The molecular formula is C42H52BN5O6. The molecule has 54 heavy (non-hydrogen) atoms. The van der Waals surface area contributed by atoms with Crippen LogP contribution in [-0.4, -0.2) is 62.3 Å². The summed E-state index contributed by atoms with van der Waals surface area (Å²) in [7, 11) is -0.730. The molecule has 1 N–H and O–H groups in total. The summed E-state index contributed by atoms with van der Waals surface area (Å²) in [4.78, 5) is 42.8. The highest BCUT2D eigenvalue weighted by Crippen LogP contribution is 2.48. The van der Waals surface area contributed by atoms with Crippen LogP contribution in [0.15, 0.2) is 85.3 Å². The number of amides is 1. The van der Waals surface area contributed by atoms with E-state index in [1.54, 1.807) is 45.4 Å². The lowest BCUT2D eigenvalue weighted by molar-refractivity contribution is -0.0299. The number of para-hydroxylation sites is 1. The normalized spacial score (nSPS) is 19.9. The van der Waals surface area contributed by atoms with Crippen molar-refractivity contribution in [3.05, 3.63) is 119 Å². The number of nitrogens with one attached hydrogen (secondary N) is 1. The van der Waals surface area contributed by atoms with E-state index in [1.807, 2.05) is 67.6 Å². The maximum atomic E-state index is 14.0. The number of aromatic nitrogens is 3. The molecule has 1 saturated heterocycles. The lowest BCUT2D eigenvalue weighted by atomic mass is 9.69. The average molecular weight is 734 g/mol.